The Morgan fingerprint density at radius 2 is 1.70 bits per heavy atom. The molecule has 1 aromatic heterocycles. The molecule has 2 amide bonds. The van der Waals surface area contributed by atoms with E-state index in [1.165, 1.54) is 16.6 Å². The van der Waals surface area contributed by atoms with Gasteiger partial charge in [-0.15, -0.1) is 0 Å². The third-order valence-electron chi connectivity index (χ3n) is 6.61. The van der Waals surface area contributed by atoms with Crippen molar-refractivity contribution in [2.45, 2.75) is 64.3 Å². The molecule has 0 bridgehead atoms. The van der Waals surface area contributed by atoms with Gasteiger partial charge in [0.1, 0.15) is 24.3 Å². The van der Waals surface area contributed by atoms with Crippen LogP contribution in [0.2, 0.25) is 0 Å². The Kier molecular flexibility index (Phi) is 8.77. The van der Waals surface area contributed by atoms with Gasteiger partial charge >= 0.3 is 18.2 Å². The maximum Gasteiger partial charge on any atom is 0.419 e. The number of nitrogens with one attached hydrogen (secondary N) is 1. The van der Waals surface area contributed by atoms with E-state index < -0.39 is 41.7 Å². The van der Waals surface area contributed by atoms with Crippen molar-refractivity contribution in [2.24, 2.45) is 0 Å². The second-order valence-corrected chi connectivity index (χ2v) is 10.7. The summed E-state index contributed by atoms with van der Waals surface area (Å²) in [6.07, 6.45) is 1.62. The number of aromatic nitrogens is 1. The first-order valence-electron chi connectivity index (χ1n) is 13.2. The van der Waals surface area contributed by atoms with Crippen LogP contribution in [-0.4, -0.2) is 64.9 Å². The van der Waals surface area contributed by atoms with Crippen molar-refractivity contribution >= 4 is 35.0 Å². The van der Waals surface area contributed by atoms with E-state index in [0.29, 0.717) is 30.5 Å². The number of esters is 1. The first-order chi connectivity index (χ1) is 19.1. The number of rotatable bonds is 7. The van der Waals surface area contributed by atoms with Crippen molar-refractivity contribution in [3.8, 4) is 0 Å². The molecule has 3 aromatic rings. The summed E-state index contributed by atoms with van der Waals surface area (Å²) in [5.41, 5.74) is 1.42. The Morgan fingerprint density at radius 3 is 2.40 bits per heavy atom. The Labute approximate surface area is 233 Å². The molecule has 1 aliphatic heterocycles. The van der Waals surface area contributed by atoms with Crippen LogP contribution >= 0.6 is 0 Å². The van der Waals surface area contributed by atoms with E-state index in [1.807, 2.05) is 42.5 Å². The van der Waals surface area contributed by atoms with Crippen LogP contribution in [0.4, 0.5) is 9.59 Å². The fourth-order valence-corrected chi connectivity index (χ4v) is 4.76. The largest absolute Gasteiger partial charge is 0.467 e. The number of benzene rings is 2. The van der Waals surface area contributed by atoms with Gasteiger partial charge in [-0.3, -0.25) is 14.3 Å². The summed E-state index contributed by atoms with van der Waals surface area (Å²) in [5, 5.41) is 3.51. The summed E-state index contributed by atoms with van der Waals surface area (Å²) < 4.78 is 17.4. The highest BCUT2D eigenvalue weighted by Crippen LogP contribution is 2.25. The van der Waals surface area contributed by atoms with Crippen molar-refractivity contribution in [1.82, 2.24) is 14.8 Å². The number of para-hydroxylation sites is 1. The van der Waals surface area contributed by atoms with Crippen LogP contribution in [0.3, 0.4) is 0 Å². The van der Waals surface area contributed by atoms with Gasteiger partial charge in [0.15, 0.2) is 0 Å². The minimum Gasteiger partial charge on any atom is -0.467 e. The van der Waals surface area contributed by atoms with Gasteiger partial charge in [0.05, 0.1) is 12.6 Å². The Morgan fingerprint density at radius 1 is 1.00 bits per heavy atom. The molecule has 4 rings (SSSR count). The van der Waals surface area contributed by atoms with E-state index in [2.05, 4.69) is 5.32 Å². The number of nitrogens with zero attached hydrogens (tertiary/aromatic N) is 2. The lowest BCUT2D eigenvalue weighted by Crippen LogP contribution is -2.51. The Balaban J connectivity index is 1.50. The maximum absolute atomic E-state index is 13.3. The highest BCUT2D eigenvalue weighted by Gasteiger charge is 2.37. The summed E-state index contributed by atoms with van der Waals surface area (Å²) in [5.74, 6) is -1.11. The lowest BCUT2D eigenvalue weighted by molar-refractivity contribution is -0.145. The van der Waals surface area contributed by atoms with E-state index in [1.54, 1.807) is 39.1 Å². The van der Waals surface area contributed by atoms with Crippen LogP contribution in [0.1, 0.15) is 44.7 Å². The number of fused-ring (bicyclic) bond motifs is 1. The molecular formula is C30H35N3O7. The summed E-state index contributed by atoms with van der Waals surface area (Å²) >= 11 is 0. The molecule has 0 unspecified atom stereocenters. The molecule has 10 nitrogen and oxygen atoms in total. The van der Waals surface area contributed by atoms with E-state index in [4.69, 9.17) is 14.2 Å². The normalized spacial score (nSPS) is 15.9. The summed E-state index contributed by atoms with van der Waals surface area (Å²) in [6.45, 7) is 5.81. The Hall–Kier alpha value is -4.34. The van der Waals surface area contributed by atoms with Crippen molar-refractivity contribution < 1.29 is 33.4 Å². The molecule has 1 saturated heterocycles. The van der Waals surface area contributed by atoms with Gasteiger partial charge in [-0.1, -0.05) is 48.5 Å². The highest BCUT2D eigenvalue weighted by molar-refractivity contribution is 5.94. The molecule has 212 valence electrons. The van der Waals surface area contributed by atoms with E-state index in [0.717, 1.165) is 10.9 Å². The molecule has 40 heavy (non-hydrogen) atoms. The van der Waals surface area contributed by atoms with E-state index >= 15 is 0 Å². The predicted octanol–water partition coefficient (Wildman–Crippen LogP) is 4.43. The van der Waals surface area contributed by atoms with Crippen molar-refractivity contribution in [1.29, 1.82) is 0 Å². The minimum absolute atomic E-state index is 0.0693. The number of hydrogen-bond donors (Lipinski definition) is 1. The summed E-state index contributed by atoms with van der Waals surface area (Å²) in [6, 6.07) is 14.7. The van der Waals surface area contributed by atoms with Crippen LogP contribution in [0.25, 0.3) is 10.9 Å². The smallest absolute Gasteiger partial charge is 0.419 e. The van der Waals surface area contributed by atoms with Gasteiger partial charge in [-0.2, -0.15) is 0 Å². The molecule has 2 heterocycles. The second-order valence-electron chi connectivity index (χ2n) is 10.7. The van der Waals surface area contributed by atoms with E-state index in [9.17, 15) is 19.2 Å². The minimum atomic E-state index is -1.04. The number of ether oxygens (including phenoxy) is 3. The molecule has 0 aliphatic carbocycles. The number of methoxy groups -OCH3 is 1. The fourth-order valence-electron chi connectivity index (χ4n) is 4.76. The summed E-state index contributed by atoms with van der Waals surface area (Å²) in [7, 11) is 1.24. The second kappa shape index (κ2) is 12.2. The zero-order valence-corrected chi connectivity index (χ0v) is 23.2. The molecule has 1 N–H and O–H groups in total. The molecule has 2 aromatic carbocycles. The number of likely N-dealkylation sites (tertiary alicyclic amines) is 1. The van der Waals surface area contributed by atoms with Crippen molar-refractivity contribution in [3.63, 3.8) is 0 Å². The molecular weight excluding hydrogens is 514 g/mol. The van der Waals surface area contributed by atoms with Gasteiger partial charge in [0.25, 0.3) is 0 Å². The molecule has 10 heteroatoms. The lowest BCUT2D eigenvalue weighted by atomic mass is 10.0. The van der Waals surface area contributed by atoms with Gasteiger partial charge in [-0.25, -0.2) is 14.4 Å². The third kappa shape index (κ3) is 6.80. The van der Waals surface area contributed by atoms with Crippen LogP contribution in [0.5, 0.6) is 0 Å². The van der Waals surface area contributed by atoms with Crippen LogP contribution in [-0.2, 0) is 36.8 Å². The number of carbonyl (C=O) groups is 4. The zero-order valence-electron chi connectivity index (χ0n) is 23.2. The first-order valence-corrected chi connectivity index (χ1v) is 13.2. The number of carbonyl (C=O) groups excluding carboxylic acids is 4. The fraction of sp³-hybridized carbons (Fsp3) is 0.400. The van der Waals surface area contributed by atoms with Crippen LogP contribution < -0.4 is 5.32 Å². The number of amides is 2. The molecule has 1 fully saturated rings. The van der Waals surface area contributed by atoms with Crippen LogP contribution in [0.15, 0.2) is 60.8 Å². The Bertz CT molecular complexity index is 1380. The molecule has 0 radical (unpaired) electrons. The molecule has 0 spiro atoms. The van der Waals surface area contributed by atoms with Gasteiger partial charge in [-0.05, 0) is 50.8 Å². The maximum atomic E-state index is 13.3. The van der Waals surface area contributed by atoms with Crippen molar-refractivity contribution in [2.75, 3.05) is 13.7 Å². The monoisotopic (exact) mass is 549 g/mol. The predicted molar refractivity (Wildman–Crippen MR) is 148 cm³/mol. The van der Waals surface area contributed by atoms with E-state index in [-0.39, 0.29) is 13.0 Å². The number of hydrogen-bond acceptors (Lipinski definition) is 7. The standard InChI is InChI=1S/C30H35N3O7/c1-30(2,3)40-29(37)33-18-21(22-13-8-9-14-24(22)33)17-23(27(35)38-4)31-26(34)25-15-10-16-32(25)28(36)39-19-20-11-6-5-7-12-20/h5-9,11-14,18,23,25H,10,15-17,19H2,1-4H3,(H,31,34)/t23-,25+/m0/s1. The highest BCUT2D eigenvalue weighted by atomic mass is 16.6. The topological polar surface area (TPSA) is 116 Å². The molecule has 1 aliphatic rings. The average molecular weight is 550 g/mol. The molecule has 2 atom stereocenters. The zero-order chi connectivity index (χ0) is 28.9. The van der Waals surface area contributed by atoms with Gasteiger partial charge in [0.2, 0.25) is 5.91 Å². The molecule has 0 saturated carbocycles. The lowest BCUT2D eigenvalue weighted by Gasteiger charge is -2.25. The SMILES string of the molecule is COC(=O)[C@H](Cc1cn(C(=O)OC(C)(C)C)c2ccccc12)NC(=O)[C@H]1CCCN1C(=O)OCc1ccccc1. The van der Waals surface area contributed by atoms with Gasteiger partial charge in [0, 0.05) is 24.5 Å². The van der Waals surface area contributed by atoms with Crippen molar-refractivity contribution in [3.05, 3.63) is 71.9 Å². The summed E-state index contributed by atoms with van der Waals surface area (Å²) in [4.78, 5) is 53.2. The van der Waals surface area contributed by atoms with Crippen LogP contribution in [0, 0.1) is 0 Å². The average Bonchev–Trinajstić information content (AvgIpc) is 3.56. The van der Waals surface area contributed by atoms with Gasteiger partial charge < -0.3 is 19.5 Å². The first kappa shape index (κ1) is 28.7. The quantitative estimate of drug-likeness (QED) is 0.342. The third-order valence-corrected chi connectivity index (χ3v) is 6.61.